The Morgan fingerprint density at radius 1 is 1.00 bits per heavy atom. The lowest BCUT2D eigenvalue weighted by atomic mass is 9.47. The first kappa shape index (κ1) is 29.6. The minimum Gasteiger partial charge on any atom is -0.461 e. The van der Waals surface area contributed by atoms with Gasteiger partial charge in [0.15, 0.2) is 0 Å². The Labute approximate surface area is 252 Å². The fraction of sp³-hybridized carbons (Fsp3) is 0.750. The van der Waals surface area contributed by atoms with Gasteiger partial charge < -0.3 is 4.74 Å². The van der Waals surface area contributed by atoms with E-state index < -0.39 is 0 Å². The summed E-state index contributed by atoms with van der Waals surface area (Å²) >= 11 is 2.27. The number of carbonyl (C=O) groups is 1. The molecule has 4 aliphatic rings. The van der Waals surface area contributed by atoms with E-state index in [2.05, 4.69) is 75.4 Å². The van der Waals surface area contributed by atoms with Crippen molar-refractivity contribution in [2.45, 2.75) is 122 Å². The maximum atomic E-state index is 13.0. The number of halogens is 1. The second kappa shape index (κ2) is 12.2. The predicted molar refractivity (Wildman–Crippen MR) is 171 cm³/mol. The molecule has 0 spiro atoms. The standard InChI is InChI=1S/C36H53IO2/c1-24(2)10-9-11-25(3)30-16-17-31-29-15-14-27-23-28(18-20-35(27,4)32(29)19-21-36(30,31)5)39-34(38)33(37)22-26-12-7-6-8-13-26/h6-8,12-14,24-25,28-33H,9-11,15-23H2,1-5H3/t25-,28+,29-,30+,31-,32-,33+,35+,36-/m1/s1. The lowest BCUT2D eigenvalue weighted by Crippen LogP contribution is -2.51. The Balaban J connectivity index is 1.21. The first-order valence-corrected chi connectivity index (χ1v) is 17.4. The minimum absolute atomic E-state index is 0.0321. The molecule has 3 fully saturated rings. The summed E-state index contributed by atoms with van der Waals surface area (Å²) in [5.74, 6) is 5.16. The molecule has 4 aliphatic carbocycles. The molecule has 0 amide bonds. The number of alkyl halides is 1. The van der Waals surface area contributed by atoms with Gasteiger partial charge in [-0.2, -0.15) is 0 Å². The molecule has 2 nitrogen and oxygen atoms in total. The number of rotatable bonds is 9. The van der Waals surface area contributed by atoms with Crippen molar-refractivity contribution in [3.8, 4) is 0 Å². The summed E-state index contributed by atoms with van der Waals surface area (Å²) in [7, 11) is 0. The van der Waals surface area contributed by atoms with Gasteiger partial charge in [-0.15, -0.1) is 0 Å². The highest BCUT2D eigenvalue weighted by molar-refractivity contribution is 14.1. The second-order valence-electron chi connectivity index (χ2n) is 14.7. The molecule has 9 atom stereocenters. The number of hydrogen-bond acceptors (Lipinski definition) is 2. The molecule has 1 aromatic carbocycles. The average molecular weight is 645 g/mol. The topological polar surface area (TPSA) is 26.3 Å². The van der Waals surface area contributed by atoms with Crippen molar-refractivity contribution in [1.82, 2.24) is 0 Å². The third-order valence-electron chi connectivity index (χ3n) is 12.1. The second-order valence-corrected chi connectivity index (χ2v) is 16.3. The maximum Gasteiger partial charge on any atom is 0.319 e. The molecule has 39 heavy (non-hydrogen) atoms. The number of allylic oxidation sites excluding steroid dienone is 1. The minimum atomic E-state index is -0.123. The smallest absolute Gasteiger partial charge is 0.319 e. The van der Waals surface area contributed by atoms with Crippen LogP contribution in [0.1, 0.15) is 111 Å². The van der Waals surface area contributed by atoms with Crippen molar-refractivity contribution in [2.75, 3.05) is 0 Å². The van der Waals surface area contributed by atoms with Gasteiger partial charge >= 0.3 is 5.97 Å². The number of fused-ring (bicyclic) bond motifs is 5. The van der Waals surface area contributed by atoms with Crippen LogP contribution >= 0.6 is 22.6 Å². The van der Waals surface area contributed by atoms with Crippen LogP contribution in [0.2, 0.25) is 0 Å². The molecule has 0 radical (unpaired) electrons. The molecule has 3 saturated carbocycles. The van der Waals surface area contributed by atoms with Gasteiger partial charge in [0.05, 0.1) is 0 Å². The van der Waals surface area contributed by atoms with Gasteiger partial charge in [0.2, 0.25) is 0 Å². The van der Waals surface area contributed by atoms with Crippen LogP contribution in [0.4, 0.5) is 0 Å². The number of hydrogen-bond donors (Lipinski definition) is 0. The van der Waals surface area contributed by atoms with E-state index in [-0.39, 0.29) is 16.0 Å². The van der Waals surface area contributed by atoms with Crippen molar-refractivity contribution in [2.24, 2.45) is 46.3 Å². The zero-order chi connectivity index (χ0) is 27.8. The predicted octanol–water partition coefficient (Wildman–Crippen LogP) is 9.99. The lowest BCUT2D eigenvalue weighted by Gasteiger charge is -2.58. The van der Waals surface area contributed by atoms with Crippen molar-refractivity contribution in [1.29, 1.82) is 0 Å². The van der Waals surface area contributed by atoms with Crippen LogP contribution in [-0.2, 0) is 16.0 Å². The van der Waals surface area contributed by atoms with Crippen molar-refractivity contribution < 1.29 is 9.53 Å². The van der Waals surface area contributed by atoms with E-state index in [0.717, 1.165) is 54.8 Å². The van der Waals surface area contributed by atoms with Crippen molar-refractivity contribution >= 4 is 28.6 Å². The largest absolute Gasteiger partial charge is 0.461 e. The van der Waals surface area contributed by atoms with Crippen LogP contribution in [0.15, 0.2) is 42.0 Å². The van der Waals surface area contributed by atoms with Crippen molar-refractivity contribution in [3.63, 3.8) is 0 Å². The van der Waals surface area contributed by atoms with Crippen LogP contribution in [0.25, 0.3) is 0 Å². The molecular formula is C36H53IO2. The van der Waals surface area contributed by atoms with E-state index in [1.807, 2.05) is 18.2 Å². The Morgan fingerprint density at radius 3 is 2.51 bits per heavy atom. The summed E-state index contributed by atoms with van der Waals surface area (Å²) in [4.78, 5) is 13.0. The molecule has 0 heterocycles. The Morgan fingerprint density at radius 2 is 1.77 bits per heavy atom. The van der Waals surface area contributed by atoms with Crippen LogP contribution in [0, 0.1) is 46.3 Å². The summed E-state index contributed by atoms with van der Waals surface area (Å²) in [5.41, 5.74) is 3.67. The van der Waals surface area contributed by atoms with Gasteiger partial charge in [-0.25, -0.2) is 0 Å². The van der Waals surface area contributed by atoms with Gasteiger partial charge in [-0.1, -0.05) is 118 Å². The fourth-order valence-corrected chi connectivity index (χ4v) is 10.6. The molecule has 1 aromatic rings. The third-order valence-corrected chi connectivity index (χ3v) is 13.0. The summed E-state index contributed by atoms with van der Waals surface area (Å²) in [6.45, 7) is 12.6. The van der Waals surface area contributed by atoms with Gasteiger partial charge in [0.25, 0.3) is 0 Å². The Bertz CT molecular complexity index is 1020. The number of carbonyl (C=O) groups excluding carboxylic acids is 1. The van der Waals surface area contributed by atoms with Crippen LogP contribution in [0.3, 0.4) is 0 Å². The van der Waals surface area contributed by atoms with Crippen molar-refractivity contribution in [3.05, 3.63) is 47.5 Å². The monoisotopic (exact) mass is 644 g/mol. The Hall–Kier alpha value is -0.840. The normalized spacial score (nSPS) is 37.3. The van der Waals surface area contributed by atoms with E-state index in [9.17, 15) is 4.79 Å². The summed E-state index contributed by atoms with van der Waals surface area (Å²) in [6.07, 6.45) is 17.8. The molecule has 0 unspecified atom stereocenters. The van der Waals surface area contributed by atoms with Gasteiger partial charge in [-0.05, 0) is 103 Å². The van der Waals surface area contributed by atoms with E-state index in [1.54, 1.807) is 5.57 Å². The third kappa shape index (κ3) is 6.05. The maximum absolute atomic E-state index is 13.0. The average Bonchev–Trinajstić information content (AvgIpc) is 3.26. The summed E-state index contributed by atoms with van der Waals surface area (Å²) in [6, 6.07) is 10.3. The van der Waals surface area contributed by atoms with Crippen LogP contribution < -0.4 is 0 Å². The number of benzene rings is 1. The molecule has 0 N–H and O–H groups in total. The summed E-state index contributed by atoms with van der Waals surface area (Å²) in [5, 5.41) is 0. The lowest BCUT2D eigenvalue weighted by molar-refractivity contribution is -0.150. The zero-order valence-electron chi connectivity index (χ0n) is 25.3. The van der Waals surface area contributed by atoms with E-state index in [1.165, 1.54) is 63.4 Å². The van der Waals surface area contributed by atoms with Gasteiger partial charge in [-0.3, -0.25) is 4.79 Å². The number of ether oxygens (including phenoxy) is 1. The van der Waals surface area contributed by atoms with E-state index >= 15 is 0 Å². The number of esters is 1. The molecule has 0 aliphatic heterocycles. The van der Waals surface area contributed by atoms with E-state index in [4.69, 9.17) is 4.74 Å². The molecule has 3 heteroatoms. The zero-order valence-corrected chi connectivity index (χ0v) is 27.4. The highest BCUT2D eigenvalue weighted by Crippen LogP contribution is 2.67. The van der Waals surface area contributed by atoms with E-state index in [0.29, 0.717) is 10.8 Å². The molecule has 0 saturated heterocycles. The molecule has 0 bridgehead atoms. The molecular weight excluding hydrogens is 591 g/mol. The fourth-order valence-electron chi connectivity index (χ4n) is 9.90. The highest BCUT2D eigenvalue weighted by atomic mass is 127. The van der Waals surface area contributed by atoms with Crippen LogP contribution in [-0.4, -0.2) is 16.0 Å². The highest BCUT2D eigenvalue weighted by Gasteiger charge is 2.59. The SMILES string of the molecule is CC(C)CCC[C@@H](C)[C@@H]1CC[C@@H]2[C@H]3CC=C4C[C@@H](OC(=O)[C@@H](I)Cc5ccccc5)CC[C@]4(C)[C@@H]3CC[C@@]21C. The Kier molecular flexibility index (Phi) is 9.26. The van der Waals surface area contributed by atoms with Gasteiger partial charge in [0, 0.05) is 6.42 Å². The molecule has 5 rings (SSSR count). The van der Waals surface area contributed by atoms with Gasteiger partial charge in [0.1, 0.15) is 10.0 Å². The quantitative estimate of drug-likeness (QED) is 0.116. The molecule has 216 valence electrons. The first-order valence-electron chi connectivity index (χ1n) is 16.2. The van der Waals surface area contributed by atoms with Crippen LogP contribution in [0.5, 0.6) is 0 Å². The summed E-state index contributed by atoms with van der Waals surface area (Å²) < 4.78 is 6.02. The first-order chi connectivity index (χ1) is 18.6. The molecule has 0 aromatic heterocycles.